The molecule has 0 atom stereocenters. The molecule has 0 radical (unpaired) electrons. The Morgan fingerprint density at radius 2 is 2.00 bits per heavy atom. The predicted octanol–water partition coefficient (Wildman–Crippen LogP) is 1.21. The van der Waals surface area contributed by atoms with E-state index >= 15 is 0 Å². The van der Waals surface area contributed by atoms with E-state index in [0.29, 0.717) is 18.0 Å². The van der Waals surface area contributed by atoms with Gasteiger partial charge in [0, 0.05) is 13.1 Å². The van der Waals surface area contributed by atoms with Gasteiger partial charge in [-0.2, -0.15) is 0 Å². The molecule has 3 rings (SSSR count). The van der Waals surface area contributed by atoms with Gasteiger partial charge in [0.15, 0.2) is 6.61 Å². The van der Waals surface area contributed by atoms with Crippen LogP contribution in [0.3, 0.4) is 0 Å². The highest BCUT2D eigenvalue weighted by atomic mass is 16.5. The smallest absolute Gasteiger partial charge is 0.335 e. The Labute approximate surface area is 122 Å². The number of carbonyl (C=O) groups excluding carboxylic acids is 1. The molecule has 1 N–H and O–H groups in total. The Kier molecular flexibility index (Phi) is 3.79. The number of aromatic carboxylic acids is 1. The number of carboxylic acid groups (broad SMARTS) is 1. The molecule has 0 unspecified atom stereocenters. The molecule has 0 bridgehead atoms. The summed E-state index contributed by atoms with van der Waals surface area (Å²) in [5.41, 5.74) is 0.726. The molecule has 0 saturated carbocycles. The molecular formula is C15H18N2O4. The number of carbonyl (C=O) groups is 2. The second kappa shape index (κ2) is 5.73. The lowest BCUT2D eigenvalue weighted by molar-refractivity contribution is -0.121. The van der Waals surface area contributed by atoms with Crippen LogP contribution < -0.4 is 9.64 Å². The van der Waals surface area contributed by atoms with Crippen molar-refractivity contribution < 1.29 is 19.4 Å². The molecule has 112 valence electrons. The Morgan fingerprint density at radius 1 is 1.24 bits per heavy atom. The number of ether oxygens (including phenoxy) is 1. The van der Waals surface area contributed by atoms with Crippen molar-refractivity contribution in [2.24, 2.45) is 0 Å². The van der Waals surface area contributed by atoms with Crippen LogP contribution in [0, 0.1) is 0 Å². The zero-order chi connectivity index (χ0) is 14.8. The van der Waals surface area contributed by atoms with E-state index < -0.39 is 5.97 Å². The molecule has 6 heteroatoms. The fraction of sp³-hybridized carbons (Fsp3) is 0.467. The molecule has 0 aliphatic carbocycles. The number of fused-ring (bicyclic) bond motifs is 1. The van der Waals surface area contributed by atoms with Gasteiger partial charge in [-0.05, 0) is 44.1 Å². The van der Waals surface area contributed by atoms with Crippen LogP contribution in [0.5, 0.6) is 5.75 Å². The van der Waals surface area contributed by atoms with Crippen molar-refractivity contribution in [3.63, 3.8) is 0 Å². The van der Waals surface area contributed by atoms with Gasteiger partial charge in [0.2, 0.25) is 0 Å². The molecule has 1 aromatic rings. The monoisotopic (exact) mass is 290 g/mol. The molecule has 0 spiro atoms. The third-order valence-corrected chi connectivity index (χ3v) is 3.99. The van der Waals surface area contributed by atoms with E-state index in [-0.39, 0.29) is 18.1 Å². The molecule has 1 fully saturated rings. The molecule has 6 nitrogen and oxygen atoms in total. The summed E-state index contributed by atoms with van der Waals surface area (Å²) in [5, 5.41) is 9.09. The minimum absolute atomic E-state index is 0.0133. The normalized spacial score (nSPS) is 18.5. The first-order valence-corrected chi connectivity index (χ1v) is 7.18. The molecule has 2 aliphatic heterocycles. The van der Waals surface area contributed by atoms with Crippen LogP contribution in [0.1, 0.15) is 23.2 Å². The summed E-state index contributed by atoms with van der Waals surface area (Å²) in [4.78, 5) is 27.1. The molecule has 1 amide bonds. The second-order valence-electron chi connectivity index (χ2n) is 5.37. The highest BCUT2D eigenvalue weighted by Gasteiger charge is 2.27. The van der Waals surface area contributed by atoms with E-state index in [9.17, 15) is 9.59 Å². The van der Waals surface area contributed by atoms with Gasteiger partial charge in [0.25, 0.3) is 5.91 Å². The topological polar surface area (TPSA) is 70.1 Å². The quantitative estimate of drug-likeness (QED) is 0.902. The van der Waals surface area contributed by atoms with Crippen LogP contribution in [-0.2, 0) is 4.79 Å². The molecule has 2 heterocycles. The predicted molar refractivity (Wildman–Crippen MR) is 76.9 cm³/mol. The van der Waals surface area contributed by atoms with Crippen molar-refractivity contribution in [2.75, 3.05) is 37.7 Å². The zero-order valence-corrected chi connectivity index (χ0v) is 11.7. The summed E-state index contributed by atoms with van der Waals surface area (Å²) in [6.45, 7) is 3.53. The fourth-order valence-electron chi connectivity index (χ4n) is 2.83. The van der Waals surface area contributed by atoms with Crippen LogP contribution in [0.15, 0.2) is 18.2 Å². The van der Waals surface area contributed by atoms with E-state index in [1.165, 1.54) is 25.0 Å². The third kappa shape index (κ3) is 2.85. The van der Waals surface area contributed by atoms with Gasteiger partial charge in [-0.3, -0.25) is 4.79 Å². The first kappa shape index (κ1) is 13.9. The Morgan fingerprint density at radius 3 is 2.71 bits per heavy atom. The number of nitrogens with zero attached hydrogens (tertiary/aromatic N) is 2. The average Bonchev–Trinajstić information content (AvgIpc) is 2.99. The summed E-state index contributed by atoms with van der Waals surface area (Å²) in [6, 6.07) is 4.63. The van der Waals surface area contributed by atoms with Crippen LogP contribution in [0.4, 0.5) is 5.69 Å². The first-order valence-electron chi connectivity index (χ1n) is 7.18. The van der Waals surface area contributed by atoms with E-state index in [1.54, 1.807) is 11.0 Å². The van der Waals surface area contributed by atoms with Crippen molar-refractivity contribution >= 4 is 17.6 Å². The van der Waals surface area contributed by atoms with Crippen LogP contribution in [0.25, 0.3) is 0 Å². The SMILES string of the molecule is O=C(O)c1ccc2c(c1)N(CCN1CCCC1)C(=O)CO2. The number of carboxylic acids is 1. The van der Waals surface area contributed by atoms with Crippen LogP contribution >= 0.6 is 0 Å². The van der Waals surface area contributed by atoms with Gasteiger partial charge >= 0.3 is 5.97 Å². The Hall–Kier alpha value is -2.08. The van der Waals surface area contributed by atoms with Gasteiger partial charge in [0.1, 0.15) is 5.75 Å². The zero-order valence-electron chi connectivity index (χ0n) is 11.7. The number of hydrogen-bond acceptors (Lipinski definition) is 4. The number of anilines is 1. The largest absolute Gasteiger partial charge is 0.482 e. The fourth-order valence-corrected chi connectivity index (χ4v) is 2.83. The molecule has 1 aromatic carbocycles. The second-order valence-corrected chi connectivity index (χ2v) is 5.37. The number of amides is 1. The maximum absolute atomic E-state index is 12.1. The average molecular weight is 290 g/mol. The van der Waals surface area contributed by atoms with E-state index in [4.69, 9.17) is 9.84 Å². The number of rotatable bonds is 4. The summed E-state index contributed by atoms with van der Waals surface area (Å²) >= 11 is 0. The summed E-state index contributed by atoms with van der Waals surface area (Å²) in [6.07, 6.45) is 2.41. The lowest BCUT2D eigenvalue weighted by Crippen LogP contribution is -2.43. The molecule has 1 saturated heterocycles. The van der Waals surface area contributed by atoms with Crippen LogP contribution in [0.2, 0.25) is 0 Å². The van der Waals surface area contributed by atoms with Crippen LogP contribution in [-0.4, -0.2) is 54.7 Å². The lowest BCUT2D eigenvalue weighted by atomic mass is 10.1. The number of likely N-dealkylation sites (tertiary alicyclic amines) is 1. The summed E-state index contributed by atoms with van der Waals surface area (Å²) in [5.74, 6) is -0.555. The highest BCUT2D eigenvalue weighted by molar-refractivity contribution is 5.99. The van der Waals surface area contributed by atoms with Gasteiger partial charge in [0.05, 0.1) is 11.3 Å². The van der Waals surface area contributed by atoms with E-state index in [0.717, 1.165) is 19.6 Å². The van der Waals surface area contributed by atoms with Crippen molar-refractivity contribution in [3.05, 3.63) is 23.8 Å². The highest BCUT2D eigenvalue weighted by Crippen LogP contribution is 2.33. The van der Waals surface area contributed by atoms with Gasteiger partial charge < -0.3 is 19.6 Å². The van der Waals surface area contributed by atoms with Crippen molar-refractivity contribution in [3.8, 4) is 5.75 Å². The lowest BCUT2D eigenvalue weighted by Gasteiger charge is -2.31. The molecule has 2 aliphatic rings. The maximum Gasteiger partial charge on any atom is 0.335 e. The Balaban J connectivity index is 1.81. The van der Waals surface area contributed by atoms with Gasteiger partial charge in [-0.25, -0.2) is 4.79 Å². The number of benzene rings is 1. The first-order chi connectivity index (χ1) is 10.1. The standard InChI is InChI=1S/C15H18N2O4/c18-14-10-21-13-4-3-11(15(19)20)9-12(13)17(14)8-7-16-5-1-2-6-16/h3-4,9H,1-2,5-8,10H2,(H,19,20). The molecule has 21 heavy (non-hydrogen) atoms. The maximum atomic E-state index is 12.1. The van der Waals surface area contributed by atoms with Crippen molar-refractivity contribution in [2.45, 2.75) is 12.8 Å². The van der Waals surface area contributed by atoms with Gasteiger partial charge in [-0.15, -0.1) is 0 Å². The van der Waals surface area contributed by atoms with Gasteiger partial charge in [-0.1, -0.05) is 0 Å². The Bertz CT molecular complexity index is 567. The van der Waals surface area contributed by atoms with E-state index in [1.807, 2.05) is 0 Å². The van der Waals surface area contributed by atoms with E-state index in [2.05, 4.69) is 4.90 Å². The summed E-state index contributed by atoms with van der Waals surface area (Å²) < 4.78 is 5.37. The van der Waals surface area contributed by atoms with Crippen molar-refractivity contribution in [1.29, 1.82) is 0 Å². The molecular weight excluding hydrogens is 272 g/mol. The van der Waals surface area contributed by atoms with Crippen molar-refractivity contribution in [1.82, 2.24) is 4.90 Å². The third-order valence-electron chi connectivity index (χ3n) is 3.99. The number of hydrogen-bond donors (Lipinski definition) is 1. The summed E-state index contributed by atoms with van der Waals surface area (Å²) in [7, 11) is 0. The minimum atomic E-state index is -1.00. The minimum Gasteiger partial charge on any atom is -0.482 e. The molecule has 0 aromatic heterocycles.